The summed E-state index contributed by atoms with van der Waals surface area (Å²) in [6, 6.07) is 8.79. The standard InChI is InChI=1S/C17H21N3O5S2/c1-19(14-15-6-8-18-9-7-15)26(21,22)16-2-4-17(5-3-16)27(23,24)20-10-12-25-13-11-20/h2-9H,10-14H2,1H3. The number of pyridine rings is 1. The monoisotopic (exact) mass is 411 g/mol. The van der Waals surface area contributed by atoms with Gasteiger partial charge in [-0.25, -0.2) is 16.8 Å². The third-order valence-electron chi connectivity index (χ3n) is 4.29. The zero-order valence-corrected chi connectivity index (χ0v) is 16.5. The smallest absolute Gasteiger partial charge is 0.243 e. The third-order valence-corrected chi connectivity index (χ3v) is 8.02. The molecule has 0 radical (unpaired) electrons. The van der Waals surface area contributed by atoms with Crippen molar-refractivity contribution >= 4 is 20.0 Å². The number of benzene rings is 1. The first-order chi connectivity index (χ1) is 12.8. The van der Waals surface area contributed by atoms with E-state index in [0.29, 0.717) is 13.2 Å². The number of sulfonamides is 2. The predicted molar refractivity (Wildman–Crippen MR) is 98.9 cm³/mol. The van der Waals surface area contributed by atoms with Gasteiger partial charge in [0.1, 0.15) is 0 Å². The SMILES string of the molecule is CN(Cc1ccncc1)S(=O)(=O)c1ccc(S(=O)(=O)N2CCOCC2)cc1. The van der Waals surface area contributed by atoms with Crippen LogP contribution < -0.4 is 0 Å². The van der Waals surface area contributed by atoms with Crippen molar-refractivity contribution in [2.75, 3.05) is 33.4 Å². The first-order valence-electron chi connectivity index (χ1n) is 8.35. The van der Waals surface area contributed by atoms with Crippen molar-refractivity contribution < 1.29 is 21.6 Å². The maximum Gasteiger partial charge on any atom is 0.243 e. The molecule has 8 nitrogen and oxygen atoms in total. The van der Waals surface area contributed by atoms with Crippen LogP contribution in [0, 0.1) is 0 Å². The minimum Gasteiger partial charge on any atom is -0.379 e. The van der Waals surface area contributed by atoms with Crippen molar-refractivity contribution in [2.45, 2.75) is 16.3 Å². The maximum absolute atomic E-state index is 12.7. The summed E-state index contributed by atoms with van der Waals surface area (Å²) < 4.78 is 58.5. The van der Waals surface area contributed by atoms with Crippen molar-refractivity contribution in [3.8, 4) is 0 Å². The van der Waals surface area contributed by atoms with Crippen LogP contribution in [0.5, 0.6) is 0 Å². The summed E-state index contributed by atoms with van der Waals surface area (Å²) in [5, 5.41) is 0. The Hall–Kier alpha value is -1.85. The summed E-state index contributed by atoms with van der Waals surface area (Å²) in [6.45, 7) is 1.48. The predicted octanol–water partition coefficient (Wildman–Crippen LogP) is 0.923. The molecule has 1 fully saturated rings. The van der Waals surface area contributed by atoms with E-state index in [1.807, 2.05) is 0 Å². The number of rotatable bonds is 6. The molecule has 1 aromatic carbocycles. The summed E-state index contributed by atoms with van der Waals surface area (Å²) in [5.41, 5.74) is 0.808. The summed E-state index contributed by atoms with van der Waals surface area (Å²) in [6.07, 6.45) is 3.20. The molecule has 146 valence electrons. The van der Waals surface area contributed by atoms with E-state index >= 15 is 0 Å². The lowest BCUT2D eigenvalue weighted by Gasteiger charge is -2.26. The summed E-state index contributed by atoms with van der Waals surface area (Å²) in [4.78, 5) is 4.02. The Balaban J connectivity index is 1.79. The second kappa shape index (κ2) is 8.03. The van der Waals surface area contributed by atoms with Crippen molar-refractivity contribution in [3.05, 3.63) is 54.4 Å². The molecule has 0 atom stereocenters. The zero-order chi connectivity index (χ0) is 19.5. The Morgan fingerprint density at radius 2 is 1.52 bits per heavy atom. The Kier molecular flexibility index (Phi) is 5.92. The van der Waals surface area contributed by atoms with E-state index in [9.17, 15) is 16.8 Å². The van der Waals surface area contributed by atoms with Crippen LogP contribution in [0.3, 0.4) is 0 Å². The van der Waals surface area contributed by atoms with Crippen LogP contribution in [-0.4, -0.2) is 63.8 Å². The Labute approximate surface area is 159 Å². The van der Waals surface area contributed by atoms with Crippen LogP contribution in [0.15, 0.2) is 58.6 Å². The van der Waals surface area contributed by atoms with Crippen LogP contribution in [0.4, 0.5) is 0 Å². The normalized spacial score (nSPS) is 16.5. The van der Waals surface area contributed by atoms with E-state index in [-0.39, 0.29) is 29.4 Å². The number of nitrogens with zero attached hydrogens (tertiary/aromatic N) is 3. The quantitative estimate of drug-likeness (QED) is 0.701. The van der Waals surface area contributed by atoms with Crippen molar-refractivity contribution in [1.82, 2.24) is 13.6 Å². The third kappa shape index (κ3) is 4.36. The number of morpholine rings is 1. The molecule has 10 heteroatoms. The van der Waals surface area contributed by atoms with Gasteiger partial charge in [-0.3, -0.25) is 4.98 Å². The molecule has 2 heterocycles. The van der Waals surface area contributed by atoms with Gasteiger partial charge in [0.2, 0.25) is 20.0 Å². The van der Waals surface area contributed by atoms with Gasteiger partial charge >= 0.3 is 0 Å². The van der Waals surface area contributed by atoms with E-state index in [1.54, 1.807) is 24.5 Å². The minimum atomic E-state index is -3.74. The van der Waals surface area contributed by atoms with Gasteiger partial charge in [-0.1, -0.05) is 0 Å². The number of aromatic nitrogens is 1. The summed E-state index contributed by atoms with van der Waals surface area (Å²) in [7, 11) is -5.91. The fourth-order valence-corrected chi connectivity index (χ4v) is 5.30. The molecule has 0 aliphatic carbocycles. The largest absolute Gasteiger partial charge is 0.379 e. The van der Waals surface area contributed by atoms with Crippen molar-refractivity contribution in [1.29, 1.82) is 0 Å². The van der Waals surface area contributed by atoms with Gasteiger partial charge in [0.05, 0.1) is 23.0 Å². The molecule has 0 bridgehead atoms. The van der Waals surface area contributed by atoms with E-state index < -0.39 is 20.0 Å². The highest BCUT2D eigenvalue weighted by molar-refractivity contribution is 7.89. The average molecular weight is 412 g/mol. The Morgan fingerprint density at radius 3 is 2.11 bits per heavy atom. The number of ether oxygens (including phenoxy) is 1. The maximum atomic E-state index is 12.7. The van der Waals surface area contributed by atoms with Crippen LogP contribution in [0.2, 0.25) is 0 Å². The molecule has 1 aliphatic rings. The number of hydrogen-bond donors (Lipinski definition) is 0. The Morgan fingerprint density at radius 1 is 0.963 bits per heavy atom. The van der Waals surface area contributed by atoms with Gasteiger partial charge in [-0.2, -0.15) is 8.61 Å². The van der Waals surface area contributed by atoms with Gasteiger partial charge in [0, 0.05) is 39.1 Å². The lowest BCUT2D eigenvalue weighted by molar-refractivity contribution is 0.0730. The van der Waals surface area contributed by atoms with Crippen molar-refractivity contribution in [3.63, 3.8) is 0 Å². The molecular formula is C17H21N3O5S2. The molecule has 1 aromatic heterocycles. The van der Waals surface area contributed by atoms with Crippen molar-refractivity contribution in [2.24, 2.45) is 0 Å². The summed E-state index contributed by atoms with van der Waals surface area (Å²) >= 11 is 0. The van der Waals surface area contributed by atoms with Gasteiger partial charge in [0.25, 0.3) is 0 Å². The van der Waals surface area contributed by atoms with Crippen LogP contribution >= 0.6 is 0 Å². The molecule has 0 amide bonds. The molecular weight excluding hydrogens is 390 g/mol. The highest BCUT2D eigenvalue weighted by Crippen LogP contribution is 2.22. The molecule has 0 saturated carbocycles. The van der Waals surface area contributed by atoms with Crippen LogP contribution in [0.1, 0.15) is 5.56 Å². The molecule has 1 aliphatic heterocycles. The van der Waals surface area contributed by atoms with E-state index in [4.69, 9.17) is 4.74 Å². The van der Waals surface area contributed by atoms with Crippen LogP contribution in [-0.2, 0) is 31.3 Å². The van der Waals surface area contributed by atoms with Crippen LogP contribution in [0.25, 0.3) is 0 Å². The molecule has 2 aromatic rings. The first kappa shape index (κ1) is 19.9. The minimum absolute atomic E-state index is 0.0417. The molecule has 0 unspecified atom stereocenters. The Bertz CT molecular complexity index is 971. The average Bonchev–Trinajstić information content (AvgIpc) is 2.69. The van der Waals surface area contributed by atoms with E-state index in [0.717, 1.165) is 5.56 Å². The fourth-order valence-electron chi connectivity index (χ4n) is 2.73. The molecule has 27 heavy (non-hydrogen) atoms. The van der Waals surface area contributed by atoms with Gasteiger partial charge < -0.3 is 4.74 Å². The second-order valence-electron chi connectivity index (χ2n) is 6.10. The first-order valence-corrected chi connectivity index (χ1v) is 11.2. The highest BCUT2D eigenvalue weighted by Gasteiger charge is 2.27. The summed E-state index contributed by atoms with van der Waals surface area (Å²) in [5.74, 6) is 0. The molecule has 3 rings (SSSR count). The molecule has 0 spiro atoms. The van der Waals surface area contributed by atoms with Gasteiger partial charge in [0.15, 0.2) is 0 Å². The molecule has 1 saturated heterocycles. The molecule has 0 N–H and O–H groups in total. The lowest BCUT2D eigenvalue weighted by Crippen LogP contribution is -2.40. The highest BCUT2D eigenvalue weighted by atomic mass is 32.2. The van der Waals surface area contributed by atoms with Gasteiger partial charge in [-0.05, 0) is 42.0 Å². The van der Waals surface area contributed by atoms with E-state index in [2.05, 4.69) is 4.98 Å². The number of hydrogen-bond acceptors (Lipinski definition) is 6. The lowest BCUT2D eigenvalue weighted by atomic mass is 10.3. The van der Waals surface area contributed by atoms with Gasteiger partial charge in [-0.15, -0.1) is 0 Å². The topological polar surface area (TPSA) is 96.9 Å². The zero-order valence-electron chi connectivity index (χ0n) is 14.9. The fraction of sp³-hybridized carbons (Fsp3) is 0.353. The second-order valence-corrected chi connectivity index (χ2v) is 10.1. The van der Waals surface area contributed by atoms with E-state index in [1.165, 1.54) is 39.9 Å².